The Morgan fingerprint density at radius 2 is 2.08 bits per heavy atom. The van der Waals surface area contributed by atoms with Crippen LogP contribution in [0.25, 0.3) is 0 Å². The van der Waals surface area contributed by atoms with Crippen LogP contribution in [0.1, 0.15) is 57.7 Å². The van der Waals surface area contributed by atoms with Gasteiger partial charge in [0.15, 0.2) is 5.78 Å². The molecule has 1 N–H and O–H groups in total. The molecule has 1 aliphatic carbocycles. The number of hydrogen-bond donors (Lipinski definition) is 1. The number of ketones is 1. The van der Waals surface area contributed by atoms with Crippen LogP contribution in [-0.2, 0) is 20.9 Å². The Bertz CT molecular complexity index is 842. The molecule has 0 bridgehead atoms. The van der Waals surface area contributed by atoms with E-state index in [2.05, 4.69) is 24.3 Å². The highest BCUT2D eigenvalue weighted by atomic mass is 16.5. The van der Waals surface area contributed by atoms with Gasteiger partial charge in [-0.3, -0.25) is 9.48 Å². The Balaban J connectivity index is 2.22. The van der Waals surface area contributed by atoms with Gasteiger partial charge in [-0.05, 0) is 32.6 Å². The zero-order valence-electron chi connectivity index (χ0n) is 16.4. The molecule has 0 saturated carbocycles. The van der Waals surface area contributed by atoms with Crippen LogP contribution in [0.2, 0.25) is 0 Å². The van der Waals surface area contributed by atoms with Gasteiger partial charge in [-0.15, -0.1) is 0 Å². The highest BCUT2D eigenvalue weighted by Crippen LogP contribution is 2.47. The number of allylic oxidation sites excluding steroid dienone is 3. The first kappa shape index (κ1) is 18.4. The molecule has 1 unspecified atom stereocenters. The summed E-state index contributed by atoms with van der Waals surface area (Å²) in [5.74, 6) is -0.748. The Morgan fingerprint density at radius 3 is 2.65 bits per heavy atom. The molecule has 0 radical (unpaired) electrons. The van der Waals surface area contributed by atoms with E-state index in [4.69, 9.17) is 4.74 Å². The third-order valence-electron chi connectivity index (χ3n) is 5.26. The van der Waals surface area contributed by atoms with Gasteiger partial charge in [-0.1, -0.05) is 13.8 Å². The molecule has 3 rings (SSSR count). The first-order valence-electron chi connectivity index (χ1n) is 9.04. The van der Waals surface area contributed by atoms with Crippen LogP contribution in [0.3, 0.4) is 0 Å². The van der Waals surface area contributed by atoms with Gasteiger partial charge >= 0.3 is 5.97 Å². The van der Waals surface area contributed by atoms with Crippen LogP contribution in [0.5, 0.6) is 0 Å². The van der Waals surface area contributed by atoms with E-state index >= 15 is 0 Å². The topological polar surface area (TPSA) is 73.2 Å². The van der Waals surface area contributed by atoms with Crippen LogP contribution >= 0.6 is 0 Å². The lowest BCUT2D eigenvalue weighted by atomic mass is 9.68. The quantitative estimate of drug-likeness (QED) is 0.842. The SMILES string of the molecule is CCn1cc(C2C(C(=O)OC)=C(C)NC3=C2C(=O)CC(C)(C)C3)c(C)n1. The van der Waals surface area contributed by atoms with Gasteiger partial charge in [0.25, 0.3) is 0 Å². The number of methoxy groups -OCH3 is 1. The minimum atomic E-state index is -0.428. The van der Waals surface area contributed by atoms with Gasteiger partial charge in [0, 0.05) is 41.7 Å². The number of Topliss-reactive ketones (excluding diaryl/α,β-unsaturated/α-hetero) is 1. The summed E-state index contributed by atoms with van der Waals surface area (Å²) >= 11 is 0. The summed E-state index contributed by atoms with van der Waals surface area (Å²) in [5.41, 5.74) is 4.48. The molecule has 2 heterocycles. The lowest BCUT2D eigenvalue weighted by molar-refractivity contribution is -0.136. The first-order valence-corrected chi connectivity index (χ1v) is 9.04. The fourth-order valence-corrected chi connectivity index (χ4v) is 4.11. The van der Waals surface area contributed by atoms with Crippen molar-refractivity contribution >= 4 is 11.8 Å². The van der Waals surface area contributed by atoms with E-state index in [9.17, 15) is 9.59 Å². The summed E-state index contributed by atoms with van der Waals surface area (Å²) in [6.45, 7) is 10.7. The fraction of sp³-hybridized carbons (Fsp3) is 0.550. The molecule has 0 fully saturated rings. The van der Waals surface area contributed by atoms with Gasteiger partial charge in [0.2, 0.25) is 0 Å². The second-order valence-electron chi connectivity index (χ2n) is 7.95. The number of aryl methyl sites for hydroxylation is 2. The zero-order valence-corrected chi connectivity index (χ0v) is 16.4. The summed E-state index contributed by atoms with van der Waals surface area (Å²) in [6.07, 6.45) is 3.19. The summed E-state index contributed by atoms with van der Waals surface area (Å²) in [5, 5.41) is 7.85. The average Bonchev–Trinajstić information content (AvgIpc) is 2.92. The number of esters is 1. The lowest BCUT2D eigenvalue weighted by Gasteiger charge is -2.39. The summed E-state index contributed by atoms with van der Waals surface area (Å²) in [7, 11) is 1.37. The summed E-state index contributed by atoms with van der Waals surface area (Å²) < 4.78 is 6.88. The number of rotatable bonds is 3. The fourth-order valence-electron chi connectivity index (χ4n) is 4.11. The highest BCUT2D eigenvalue weighted by molar-refractivity contribution is 6.04. The van der Waals surface area contributed by atoms with Crippen molar-refractivity contribution in [2.75, 3.05) is 7.11 Å². The molecular formula is C20H27N3O3. The molecule has 1 aromatic rings. The zero-order chi connectivity index (χ0) is 19.2. The van der Waals surface area contributed by atoms with Gasteiger partial charge in [0.05, 0.1) is 24.3 Å². The van der Waals surface area contributed by atoms with Crippen LogP contribution in [0.15, 0.2) is 28.7 Å². The maximum atomic E-state index is 13.1. The van der Waals surface area contributed by atoms with Gasteiger partial charge in [-0.25, -0.2) is 4.79 Å². The maximum Gasteiger partial charge on any atom is 0.336 e. The first-order chi connectivity index (χ1) is 12.2. The molecule has 0 aromatic carbocycles. The second-order valence-corrected chi connectivity index (χ2v) is 7.95. The van der Waals surface area contributed by atoms with E-state index in [1.165, 1.54) is 7.11 Å². The van der Waals surface area contributed by atoms with E-state index in [0.29, 0.717) is 17.6 Å². The van der Waals surface area contributed by atoms with E-state index in [-0.39, 0.29) is 11.2 Å². The number of carbonyl (C=O) groups excluding carboxylic acids is 2. The van der Waals surface area contributed by atoms with Crippen LogP contribution in [0.4, 0.5) is 0 Å². The maximum absolute atomic E-state index is 13.1. The van der Waals surface area contributed by atoms with Gasteiger partial charge in [0.1, 0.15) is 0 Å². The van der Waals surface area contributed by atoms with Crippen molar-refractivity contribution in [1.29, 1.82) is 0 Å². The normalized spacial score (nSPS) is 22.2. The predicted molar refractivity (Wildman–Crippen MR) is 98.3 cm³/mol. The Hall–Kier alpha value is -2.37. The van der Waals surface area contributed by atoms with Crippen molar-refractivity contribution in [2.24, 2.45) is 5.41 Å². The number of nitrogens with one attached hydrogen (secondary N) is 1. The monoisotopic (exact) mass is 357 g/mol. The number of hydrogen-bond acceptors (Lipinski definition) is 5. The molecule has 6 heteroatoms. The van der Waals surface area contributed by atoms with Crippen molar-refractivity contribution in [2.45, 2.75) is 59.9 Å². The Kier molecular flexibility index (Phi) is 4.54. The van der Waals surface area contributed by atoms with Crippen molar-refractivity contribution in [3.05, 3.63) is 40.0 Å². The molecule has 140 valence electrons. The molecule has 0 spiro atoms. The average molecular weight is 357 g/mol. The van der Waals surface area contributed by atoms with E-state index in [0.717, 1.165) is 35.6 Å². The number of nitrogens with zero attached hydrogens (tertiary/aromatic N) is 2. The van der Waals surface area contributed by atoms with Crippen LogP contribution in [0, 0.1) is 12.3 Å². The highest BCUT2D eigenvalue weighted by Gasteiger charge is 2.43. The molecule has 26 heavy (non-hydrogen) atoms. The van der Waals surface area contributed by atoms with Crippen molar-refractivity contribution in [1.82, 2.24) is 15.1 Å². The molecule has 1 atom stereocenters. The Labute approximate surface area is 154 Å². The minimum absolute atomic E-state index is 0.0892. The summed E-state index contributed by atoms with van der Waals surface area (Å²) in [6, 6.07) is 0. The second kappa shape index (κ2) is 6.41. The molecule has 0 amide bonds. The van der Waals surface area contributed by atoms with E-state index < -0.39 is 11.9 Å². The van der Waals surface area contributed by atoms with Crippen molar-refractivity contribution in [3.8, 4) is 0 Å². The summed E-state index contributed by atoms with van der Waals surface area (Å²) in [4.78, 5) is 25.7. The Morgan fingerprint density at radius 1 is 1.38 bits per heavy atom. The standard InChI is InChI=1S/C20H27N3O3/c1-7-23-10-13(11(2)22-23)17-16(19(25)26-6)12(3)21-14-8-20(4,5)9-15(24)18(14)17/h10,17,21H,7-9H2,1-6H3. The van der Waals surface area contributed by atoms with E-state index in [1.54, 1.807) is 0 Å². The molecule has 6 nitrogen and oxygen atoms in total. The largest absolute Gasteiger partial charge is 0.466 e. The lowest BCUT2D eigenvalue weighted by Crippen LogP contribution is -2.38. The number of dihydropyridines is 1. The van der Waals surface area contributed by atoms with Gasteiger partial charge < -0.3 is 10.1 Å². The molecule has 1 aromatic heterocycles. The molecule has 1 aliphatic heterocycles. The van der Waals surface area contributed by atoms with Crippen molar-refractivity contribution in [3.63, 3.8) is 0 Å². The van der Waals surface area contributed by atoms with Crippen molar-refractivity contribution < 1.29 is 14.3 Å². The van der Waals surface area contributed by atoms with E-state index in [1.807, 2.05) is 31.6 Å². The third kappa shape index (κ3) is 2.97. The molecule has 0 saturated heterocycles. The number of aromatic nitrogens is 2. The minimum Gasteiger partial charge on any atom is -0.466 e. The molecular weight excluding hydrogens is 330 g/mol. The predicted octanol–water partition coefficient (Wildman–Crippen LogP) is 2.99. The number of carbonyl (C=O) groups is 2. The molecule has 2 aliphatic rings. The number of ether oxygens (including phenoxy) is 1. The van der Waals surface area contributed by atoms with Gasteiger partial charge in [-0.2, -0.15) is 5.10 Å². The smallest absolute Gasteiger partial charge is 0.336 e. The van der Waals surface area contributed by atoms with Crippen LogP contribution < -0.4 is 5.32 Å². The third-order valence-corrected chi connectivity index (χ3v) is 5.26. The van der Waals surface area contributed by atoms with Crippen LogP contribution in [-0.4, -0.2) is 28.6 Å².